The monoisotopic (exact) mass is 1120 g/mol. The highest BCUT2D eigenvalue weighted by Crippen LogP contribution is 2.48. The molecule has 76 heavy (non-hydrogen) atoms. The molecule has 0 spiro atoms. The smallest absolute Gasteiger partial charge is 0.394 e. The van der Waals surface area contributed by atoms with Gasteiger partial charge >= 0.3 is 7.82 Å². The molecule has 0 aromatic carbocycles. The summed E-state index contributed by atoms with van der Waals surface area (Å²) in [5.41, 5.74) is 0. The lowest BCUT2D eigenvalue weighted by molar-refractivity contribution is -0.338. The number of aliphatic hydroxyl groups is 11. The number of unbranched alkanes of at least 4 members (excludes halogenated alkanes) is 32. The van der Waals surface area contributed by atoms with Crippen LogP contribution < -0.4 is 5.32 Å². The Hall–Kier alpha value is -0.940. The van der Waals surface area contributed by atoms with E-state index in [2.05, 4.69) is 19.2 Å². The Labute approximate surface area is 456 Å². The van der Waals surface area contributed by atoms with Crippen LogP contribution in [0.3, 0.4) is 0 Å². The van der Waals surface area contributed by atoms with Crippen LogP contribution in [0.1, 0.15) is 245 Å². The third kappa shape index (κ3) is 29.2. The first-order valence-electron chi connectivity index (χ1n) is 30.2. The van der Waals surface area contributed by atoms with E-state index in [1.54, 1.807) is 0 Å². The minimum atomic E-state index is -5.49. The SMILES string of the molecule is CCCCCCCCCCCCCCCCCCCCCCC(O)C(=O)N[C@@H](COP(=O)(O)O[C@H]1C(O)C(O)C(O)[C@@H](O)C1O[C@H]1O[C@H](CO)[C@@H](O)C(O)C1O)[C@H](O)[C@H](O)CCCCCCCCCCCCCCCC. The molecule has 1 aliphatic heterocycles. The van der Waals surface area contributed by atoms with Crippen molar-refractivity contribution in [1.29, 1.82) is 0 Å². The molecule has 1 aliphatic carbocycles. The van der Waals surface area contributed by atoms with Gasteiger partial charge in [-0.25, -0.2) is 4.57 Å². The molecule has 1 saturated heterocycles. The summed E-state index contributed by atoms with van der Waals surface area (Å²) in [7, 11) is -5.49. The molecule has 2 rings (SSSR count). The Morgan fingerprint density at radius 3 is 1.25 bits per heavy atom. The summed E-state index contributed by atoms with van der Waals surface area (Å²) in [6, 6.07) is -1.58. The van der Waals surface area contributed by atoms with Crippen LogP contribution in [0.15, 0.2) is 0 Å². The van der Waals surface area contributed by atoms with Crippen molar-refractivity contribution in [1.82, 2.24) is 5.32 Å². The van der Waals surface area contributed by atoms with E-state index < -0.39 is 119 Å². The zero-order chi connectivity index (χ0) is 56.1. The summed E-state index contributed by atoms with van der Waals surface area (Å²) in [6.07, 6.45) is 13.0. The second-order valence-electron chi connectivity index (χ2n) is 22.2. The van der Waals surface area contributed by atoms with Crippen LogP contribution in [0, 0.1) is 0 Å². The number of carbonyl (C=O) groups is 1. The number of phosphoric acid groups is 1. The maximum Gasteiger partial charge on any atom is 0.472 e. The minimum Gasteiger partial charge on any atom is -0.394 e. The van der Waals surface area contributed by atoms with Crippen LogP contribution in [0.4, 0.5) is 0 Å². The zero-order valence-electron chi connectivity index (χ0n) is 46.8. The van der Waals surface area contributed by atoms with Crippen LogP contribution in [0.2, 0.25) is 0 Å². The van der Waals surface area contributed by atoms with Crippen molar-refractivity contribution in [2.75, 3.05) is 13.2 Å². The number of hydrogen-bond donors (Lipinski definition) is 13. The highest BCUT2D eigenvalue weighted by molar-refractivity contribution is 7.47. The topological polar surface area (TPSA) is 326 Å². The summed E-state index contributed by atoms with van der Waals surface area (Å²) in [4.78, 5) is 24.3. The second kappa shape index (κ2) is 42.8. The van der Waals surface area contributed by atoms with Gasteiger partial charge in [0.05, 0.1) is 25.4 Å². The number of aliphatic hydroxyl groups excluding tert-OH is 11. The summed E-state index contributed by atoms with van der Waals surface area (Å²) in [6.45, 7) is 2.61. The molecule has 16 atom stereocenters. The molecular weight excluding hydrogens is 1010 g/mol. The molecule has 19 nitrogen and oxygen atoms in total. The summed E-state index contributed by atoms with van der Waals surface area (Å²) in [5, 5.41) is 119. The number of ether oxygens (including phenoxy) is 2. The fraction of sp³-hybridized carbons (Fsp3) is 0.982. The van der Waals surface area contributed by atoms with Crippen molar-refractivity contribution < 1.29 is 88.9 Å². The van der Waals surface area contributed by atoms with Gasteiger partial charge in [0.25, 0.3) is 0 Å². The van der Waals surface area contributed by atoms with Gasteiger partial charge in [0.15, 0.2) is 6.29 Å². The Kier molecular flexibility index (Phi) is 40.1. The third-order valence-electron chi connectivity index (χ3n) is 15.5. The molecule has 13 N–H and O–H groups in total. The maximum absolute atomic E-state index is 13.6. The van der Waals surface area contributed by atoms with Crippen molar-refractivity contribution in [3.8, 4) is 0 Å². The Bertz CT molecular complexity index is 1460. The van der Waals surface area contributed by atoms with Crippen LogP contribution in [-0.2, 0) is 27.9 Å². The molecule has 1 heterocycles. The largest absolute Gasteiger partial charge is 0.472 e. The quantitative estimate of drug-likeness (QED) is 0.0220. The van der Waals surface area contributed by atoms with Crippen molar-refractivity contribution in [3.63, 3.8) is 0 Å². The van der Waals surface area contributed by atoms with E-state index >= 15 is 0 Å². The lowest BCUT2D eigenvalue weighted by Crippen LogP contribution is -2.67. The highest BCUT2D eigenvalue weighted by Gasteiger charge is 2.55. The van der Waals surface area contributed by atoms with Crippen molar-refractivity contribution >= 4 is 13.7 Å². The van der Waals surface area contributed by atoms with Crippen molar-refractivity contribution in [3.05, 3.63) is 0 Å². The van der Waals surface area contributed by atoms with Crippen LogP contribution in [0.25, 0.3) is 0 Å². The van der Waals surface area contributed by atoms with E-state index in [-0.39, 0.29) is 12.8 Å². The molecule has 0 aromatic heterocycles. The fourth-order valence-corrected chi connectivity index (χ4v) is 11.3. The van der Waals surface area contributed by atoms with Crippen LogP contribution in [-0.4, -0.2) is 172 Å². The van der Waals surface area contributed by atoms with Gasteiger partial charge in [0, 0.05) is 0 Å². The zero-order valence-corrected chi connectivity index (χ0v) is 47.7. The van der Waals surface area contributed by atoms with Gasteiger partial charge in [0.2, 0.25) is 5.91 Å². The molecule has 2 aliphatic rings. The molecule has 20 heteroatoms. The summed E-state index contributed by atoms with van der Waals surface area (Å²) < 4.78 is 34.8. The lowest BCUT2D eigenvalue weighted by Gasteiger charge is -2.47. The standard InChI is InChI=1S/C56H110NO18P/c1-3-5-7-9-11-13-15-17-19-20-21-22-23-24-26-28-30-32-34-36-38-43(60)55(69)57-41(45(61)42(59)37-35-33-31-29-27-25-18-16-14-12-10-8-6-4-2)40-72-76(70,71)75-54-51(67)49(65)48(64)50(66)53(54)74-56-52(68)47(63)46(62)44(39-58)73-56/h41-54,56,58-68H,3-40H2,1-2H3,(H,57,69)(H,70,71)/t41-,42+,43?,44+,45-,46+,47?,48?,49?,50+,51?,52?,53?,54-,56+/m0/s1. The Morgan fingerprint density at radius 1 is 0.500 bits per heavy atom. The first-order chi connectivity index (χ1) is 36.5. The van der Waals surface area contributed by atoms with Gasteiger partial charge in [-0.2, -0.15) is 0 Å². The second-order valence-corrected chi connectivity index (χ2v) is 23.6. The molecular formula is C56H110NO18P. The van der Waals surface area contributed by atoms with E-state index in [1.165, 1.54) is 148 Å². The molecule has 0 aromatic rings. The Morgan fingerprint density at radius 2 is 0.855 bits per heavy atom. The average Bonchev–Trinajstić information content (AvgIpc) is 3.40. The van der Waals surface area contributed by atoms with Gasteiger partial charge in [-0.1, -0.05) is 232 Å². The predicted molar refractivity (Wildman–Crippen MR) is 291 cm³/mol. The van der Waals surface area contributed by atoms with Gasteiger partial charge in [-0.15, -0.1) is 0 Å². The first kappa shape index (κ1) is 71.2. The molecule has 1 saturated carbocycles. The number of rotatable bonds is 48. The fourth-order valence-electron chi connectivity index (χ4n) is 10.4. The van der Waals surface area contributed by atoms with E-state index in [4.69, 9.17) is 18.5 Å². The molecule has 8 unspecified atom stereocenters. The number of nitrogens with one attached hydrogen (secondary N) is 1. The predicted octanol–water partition coefficient (Wildman–Crippen LogP) is 6.78. The van der Waals surface area contributed by atoms with Gasteiger partial charge in [-0.3, -0.25) is 13.8 Å². The van der Waals surface area contributed by atoms with E-state index in [0.717, 1.165) is 57.8 Å². The molecule has 0 bridgehead atoms. The van der Waals surface area contributed by atoms with Gasteiger partial charge < -0.3 is 75.9 Å². The lowest BCUT2D eigenvalue weighted by atomic mass is 9.84. The van der Waals surface area contributed by atoms with Crippen LogP contribution >= 0.6 is 7.82 Å². The number of hydrogen-bond acceptors (Lipinski definition) is 17. The van der Waals surface area contributed by atoms with Crippen molar-refractivity contribution in [2.24, 2.45) is 0 Å². The number of carbonyl (C=O) groups excluding carboxylic acids is 1. The summed E-state index contributed by atoms with van der Waals surface area (Å²) >= 11 is 0. The molecule has 452 valence electrons. The highest BCUT2D eigenvalue weighted by atomic mass is 31.2. The van der Waals surface area contributed by atoms with E-state index in [9.17, 15) is 70.4 Å². The number of amides is 1. The molecule has 0 radical (unpaired) electrons. The van der Waals surface area contributed by atoms with Gasteiger partial charge in [0.1, 0.15) is 73.2 Å². The van der Waals surface area contributed by atoms with Crippen LogP contribution in [0.5, 0.6) is 0 Å². The summed E-state index contributed by atoms with van der Waals surface area (Å²) in [5.74, 6) is -0.918. The third-order valence-corrected chi connectivity index (χ3v) is 16.5. The maximum atomic E-state index is 13.6. The van der Waals surface area contributed by atoms with E-state index in [1.807, 2.05) is 0 Å². The average molecular weight is 1120 g/mol. The van der Waals surface area contributed by atoms with Crippen molar-refractivity contribution in [2.45, 2.75) is 337 Å². The minimum absolute atomic E-state index is 0.101. The van der Waals surface area contributed by atoms with Gasteiger partial charge in [-0.05, 0) is 12.8 Å². The molecule has 2 fully saturated rings. The van der Waals surface area contributed by atoms with E-state index in [0.29, 0.717) is 12.8 Å². The Balaban J connectivity index is 1.93. The normalized spacial score (nSPS) is 27.5. The number of phosphoric ester groups is 1. The molecule has 1 amide bonds. The first-order valence-corrected chi connectivity index (χ1v) is 31.7.